The van der Waals surface area contributed by atoms with Gasteiger partial charge in [0, 0.05) is 5.56 Å². The van der Waals surface area contributed by atoms with E-state index in [0.717, 1.165) is 0 Å². The number of amides is 1. The van der Waals surface area contributed by atoms with Gasteiger partial charge >= 0.3 is 0 Å². The van der Waals surface area contributed by atoms with Crippen molar-refractivity contribution in [3.8, 4) is 12.3 Å². The van der Waals surface area contributed by atoms with Crippen molar-refractivity contribution in [2.45, 2.75) is 38.0 Å². The van der Waals surface area contributed by atoms with Crippen LogP contribution < -0.4 is 5.32 Å². The molecule has 0 saturated heterocycles. The van der Waals surface area contributed by atoms with Gasteiger partial charge in [-0.2, -0.15) is 0 Å². The average Bonchev–Trinajstić information content (AvgIpc) is 2.98. The summed E-state index contributed by atoms with van der Waals surface area (Å²) in [6.45, 7) is 6.58. The van der Waals surface area contributed by atoms with Crippen molar-refractivity contribution in [2.75, 3.05) is 5.75 Å². The minimum absolute atomic E-state index is 0.0607. The third-order valence-electron chi connectivity index (χ3n) is 3.14. The lowest BCUT2D eigenvalue weighted by Gasteiger charge is -2.18. The first kappa shape index (κ1) is 17.1. The Morgan fingerprint density at radius 2 is 2.00 bits per heavy atom. The van der Waals surface area contributed by atoms with Crippen LogP contribution in [0.1, 0.15) is 42.6 Å². The first-order valence-electron chi connectivity index (χ1n) is 7.17. The minimum atomic E-state index is -0.179. The maximum absolute atomic E-state index is 12.1. The van der Waals surface area contributed by atoms with Crippen LogP contribution >= 0.6 is 11.8 Å². The van der Waals surface area contributed by atoms with Gasteiger partial charge in [0.2, 0.25) is 5.89 Å². The molecule has 0 spiro atoms. The van der Waals surface area contributed by atoms with Crippen LogP contribution in [-0.4, -0.2) is 21.9 Å². The molecule has 0 aliphatic carbocycles. The number of nitrogens with one attached hydrogen (secondary N) is 1. The fourth-order valence-corrected chi connectivity index (χ4v) is 2.31. The monoisotopic (exact) mass is 329 g/mol. The third kappa shape index (κ3) is 4.86. The molecule has 0 saturated carbocycles. The largest absolute Gasteiger partial charge is 0.414 e. The van der Waals surface area contributed by atoms with E-state index in [2.05, 4.69) is 42.2 Å². The first-order valence-corrected chi connectivity index (χ1v) is 8.16. The second kappa shape index (κ2) is 7.34. The van der Waals surface area contributed by atoms with Crippen LogP contribution in [0.3, 0.4) is 0 Å². The highest BCUT2D eigenvalue weighted by Crippen LogP contribution is 2.22. The van der Waals surface area contributed by atoms with E-state index < -0.39 is 0 Å². The van der Waals surface area contributed by atoms with E-state index in [9.17, 15) is 4.79 Å². The highest BCUT2D eigenvalue weighted by atomic mass is 32.2. The molecular formula is C17H19N3O2S. The molecule has 1 aromatic carbocycles. The van der Waals surface area contributed by atoms with Gasteiger partial charge in [0.15, 0.2) is 0 Å². The minimum Gasteiger partial charge on any atom is -0.414 e. The molecule has 1 heterocycles. The molecule has 1 N–H and O–H groups in total. The van der Waals surface area contributed by atoms with Crippen LogP contribution in [0.15, 0.2) is 33.9 Å². The van der Waals surface area contributed by atoms with E-state index in [0.29, 0.717) is 22.4 Å². The maximum Gasteiger partial charge on any atom is 0.277 e. The normalized spacial score (nSPS) is 11.0. The summed E-state index contributed by atoms with van der Waals surface area (Å²) in [5.41, 5.74) is 1.84. The van der Waals surface area contributed by atoms with E-state index in [1.807, 2.05) is 24.3 Å². The molecule has 0 bridgehead atoms. The molecule has 1 amide bonds. The molecule has 0 aliphatic heterocycles. The number of rotatable bonds is 5. The molecule has 0 fully saturated rings. The smallest absolute Gasteiger partial charge is 0.277 e. The number of hydrogen-bond acceptors (Lipinski definition) is 5. The molecule has 0 aliphatic rings. The Bertz CT molecular complexity index is 709. The van der Waals surface area contributed by atoms with Gasteiger partial charge in [0.25, 0.3) is 11.1 Å². The van der Waals surface area contributed by atoms with Gasteiger partial charge in [-0.15, -0.1) is 16.6 Å². The zero-order valence-electron chi connectivity index (χ0n) is 13.4. The van der Waals surface area contributed by atoms with Crippen molar-refractivity contribution in [1.82, 2.24) is 15.5 Å². The van der Waals surface area contributed by atoms with Crippen molar-refractivity contribution in [3.05, 3.63) is 41.3 Å². The standard InChI is InChI=1S/C17H19N3O2S/c1-5-10-23-16-20-19-14(22-16)11-18-15(21)12-6-8-13(9-7-12)17(2,3)4/h1,6-9H,10-11H2,2-4H3,(H,18,21). The molecular weight excluding hydrogens is 310 g/mol. The highest BCUT2D eigenvalue weighted by Gasteiger charge is 2.14. The zero-order valence-corrected chi connectivity index (χ0v) is 14.2. The van der Waals surface area contributed by atoms with Crippen LogP contribution in [0.4, 0.5) is 0 Å². The summed E-state index contributed by atoms with van der Waals surface area (Å²) in [5.74, 6) is 3.12. The van der Waals surface area contributed by atoms with Crippen molar-refractivity contribution < 1.29 is 9.21 Å². The summed E-state index contributed by atoms with van der Waals surface area (Å²) in [4.78, 5) is 12.1. The number of carbonyl (C=O) groups is 1. The number of aromatic nitrogens is 2. The van der Waals surface area contributed by atoms with Crippen LogP contribution in [0.5, 0.6) is 0 Å². The van der Waals surface area contributed by atoms with E-state index in [-0.39, 0.29) is 17.9 Å². The van der Waals surface area contributed by atoms with Gasteiger partial charge in [-0.3, -0.25) is 4.79 Å². The summed E-state index contributed by atoms with van der Waals surface area (Å²) in [6, 6.07) is 7.57. The number of thioether (sulfide) groups is 1. The van der Waals surface area contributed by atoms with Crippen LogP contribution in [-0.2, 0) is 12.0 Å². The Morgan fingerprint density at radius 3 is 2.61 bits per heavy atom. The summed E-state index contributed by atoms with van der Waals surface area (Å²) < 4.78 is 5.37. The van der Waals surface area contributed by atoms with Crippen LogP contribution in [0.25, 0.3) is 0 Å². The highest BCUT2D eigenvalue weighted by molar-refractivity contribution is 7.99. The Morgan fingerprint density at radius 1 is 1.30 bits per heavy atom. The summed E-state index contributed by atoms with van der Waals surface area (Å²) in [7, 11) is 0. The summed E-state index contributed by atoms with van der Waals surface area (Å²) in [6.07, 6.45) is 5.17. The van der Waals surface area contributed by atoms with Gasteiger partial charge in [0.1, 0.15) is 0 Å². The molecule has 0 radical (unpaired) electrons. The fraction of sp³-hybridized carbons (Fsp3) is 0.353. The molecule has 1 aromatic heterocycles. The topological polar surface area (TPSA) is 68.0 Å². The van der Waals surface area contributed by atoms with Gasteiger partial charge < -0.3 is 9.73 Å². The van der Waals surface area contributed by atoms with E-state index in [1.54, 1.807) is 0 Å². The Labute approximate surface area is 140 Å². The molecule has 0 atom stereocenters. The summed E-state index contributed by atoms with van der Waals surface area (Å²) >= 11 is 1.29. The predicted molar refractivity (Wildman–Crippen MR) is 90.2 cm³/mol. The number of terminal acetylenes is 1. The third-order valence-corrected chi connectivity index (χ3v) is 3.86. The number of hydrogen-bond donors (Lipinski definition) is 1. The molecule has 0 unspecified atom stereocenters. The van der Waals surface area contributed by atoms with Crippen LogP contribution in [0.2, 0.25) is 0 Å². The van der Waals surface area contributed by atoms with E-state index >= 15 is 0 Å². The SMILES string of the molecule is C#CCSc1nnc(CNC(=O)c2ccc(C(C)(C)C)cc2)o1. The Kier molecular flexibility index (Phi) is 5.45. The van der Waals surface area contributed by atoms with Gasteiger partial charge in [0.05, 0.1) is 12.3 Å². The van der Waals surface area contributed by atoms with E-state index in [1.165, 1.54) is 17.3 Å². The van der Waals surface area contributed by atoms with Crippen molar-refractivity contribution >= 4 is 17.7 Å². The lowest BCUT2D eigenvalue weighted by molar-refractivity contribution is 0.0946. The van der Waals surface area contributed by atoms with Gasteiger partial charge in [-0.1, -0.05) is 50.6 Å². The fourth-order valence-electron chi connectivity index (χ4n) is 1.85. The number of benzene rings is 1. The van der Waals surface area contributed by atoms with Crippen molar-refractivity contribution in [1.29, 1.82) is 0 Å². The maximum atomic E-state index is 12.1. The second-order valence-corrected chi connectivity index (χ2v) is 6.89. The zero-order chi connectivity index (χ0) is 16.9. The number of carbonyl (C=O) groups excluding carboxylic acids is 1. The molecule has 2 aromatic rings. The quantitative estimate of drug-likeness (QED) is 0.674. The molecule has 5 nitrogen and oxygen atoms in total. The van der Waals surface area contributed by atoms with Crippen molar-refractivity contribution in [3.63, 3.8) is 0 Å². The lowest BCUT2D eigenvalue weighted by atomic mass is 9.87. The molecule has 120 valence electrons. The number of nitrogens with zero attached hydrogens (tertiary/aromatic N) is 2. The van der Waals surface area contributed by atoms with Crippen LogP contribution in [0, 0.1) is 12.3 Å². The molecule has 2 rings (SSSR count). The van der Waals surface area contributed by atoms with Crippen molar-refractivity contribution in [2.24, 2.45) is 0 Å². The first-order chi connectivity index (χ1) is 10.9. The van der Waals surface area contributed by atoms with Gasteiger partial charge in [-0.05, 0) is 23.1 Å². The second-order valence-electron chi connectivity index (χ2n) is 5.96. The Hall–Kier alpha value is -2.26. The van der Waals surface area contributed by atoms with Gasteiger partial charge in [-0.25, -0.2) is 0 Å². The summed E-state index contributed by atoms with van der Waals surface area (Å²) in [5, 5.41) is 10.9. The Balaban J connectivity index is 1.92. The molecule has 6 heteroatoms. The predicted octanol–water partition coefficient (Wildman–Crippen LogP) is 3.02. The average molecular weight is 329 g/mol. The molecule has 23 heavy (non-hydrogen) atoms. The lowest BCUT2D eigenvalue weighted by Crippen LogP contribution is -2.23. The van der Waals surface area contributed by atoms with E-state index in [4.69, 9.17) is 10.8 Å².